The molecule has 7 nitrogen and oxygen atoms in total. The van der Waals surface area contributed by atoms with Gasteiger partial charge in [0.15, 0.2) is 0 Å². The lowest BCUT2D eigenvalue weighted by Gasteiger charge is -2.29. The fraction of sp³-hybridized carbons (Fsp3) is 0.200. The highest BCUT2D eigenvalue weighted by Crippen LogP contribution is 2.20. The van der Waals surface area contributed by atoms with E-state index in [4.69, 9.17) is 10.1 Å². The molecule has 0 radical (unpaired) electrons. The van der Waals surface area contributed by atoms with E-state index in [0.29, 0.717) is 10.6 Å². The highest BCUT2D eigenvalue weighted by atomic mass is 127. The van der Waals surface area contributed by atoms with Gasteiger partial charge in [0.05, 0.1) is 5.04 Å². The minimum Gasteiger partial charge on any atom is -0.476 e. The summed E-state index contributed by atoms with van der Waals surface area (Å²) in [5.74, 6) is -3.05. The third-order valence-corrected chi connectivity index (χ3v) is 4.58. The Bertz CT molecular complexity index is 890. The number of para-hydroxylation sites is 1. The van der Waals surface area contributed by atoms with E-state index >= 15 is 0 Å². The molecule has 0 heterocycles. The third kappa shape index (κ3) is 5.80. The second kappa shape index (κ2) is 11.0. The molecule has 9 heteroatoms. The van der Waals surface area contributed by atoms with Crippen LogP contribution in [0.4, 0.5) is 0 Å². The molecule has 29 heavy (non-hydrogen) atoms. The van der Waals surface area contributed by atoms with Gasteiger partial charge in [-0.15, -0.1) is 35.7 Å². The quantitative estimate of drug-likeness (QED) is 0.159. The number of thioether (sulfide) groups is 1. The molecule has 0 aliphatic rings. The molecule has 1 atom stereocenters. The van der Waals surface area contributed by atoms with Crippen molar-refractivity contribution in [3.63, 3.8) is 0 Å². The van der Waals surface area contributed by atoms with Crippen molar-refractivity contribution in [2.24, 2.45) is 0 Å². The maximum atomic E-state index is 12.7. The summed E-state index contributed by atoms with van der Waals surface area (Å²) in [6.45, 7) is 1.49. The molecule has 2 aromatic carbocycles. The number of hydrogen-bond acceptors (Lipinski definition) is 6. The number of nitrogens with one attached hydrogen (secondary N) is 2. The van der Waals surface area contributed by atoms with Crippen molar-refractivity contribution in [3.05, 3.63) is 65.7 Å². The van der Waals surface area contributed by atoms with Gasteiger partial charge in [-0.2, -0.15) is 0 Å². The van der Waals surface area contributed by atoms with Gasteiger partial charge in [-0.05, 0) is 30.5 Å². The number of Topliss-reactive ketones (excluding diaryl/α,β-unsaturated/α-hetero) is 1. The highest BCUT2D eigenvalue weighted by Gasteiger charge is 2.49. The summed E-state index contributed by atoms with van der Waals surface area (Å²) in [5, 5.41) is 20.1. The van der Waals surface area contributed by atoms with Crippen LogP contribution in [0.2, 0.25) is 0 Å². The number of ether oxygens (including phenoxy) is 1. The summed E-state index contributed by atoms with van der Waals surface area (Å²) in [6.07, 6.45) is 1.62. The first-order valence-electron chi connectivity index (χ1n) is 8.40. The number of hydrogen-bond donors (Lipinski definition) is 3. The molecule has 0 saturated carbocycles. The molecule has 2 rings (SSSR count). The Kier molecular flexibility index (Phi) is 9.31. The van der Waals surface area contributed by atoms with Crippen molar-refractivity contribution in [1.29, 1.82) is 5.41 Å². The Morgan fingerprint density at radius 2 is 1.62 bits per heavy atom. The van der Waals surface area contributed by atoms with Crippen LogP contribution in [0.3, 0.4) is 0 Å². The Morgan fingerprint density at radius 3 is 2.10 bits per heavy atom. The molecular weight excluding hydrogens is 507 g/mol. The van der Waals surface area contributed by atoms with E-state index in [0.717, 1.165) is 0 Å². The van der Waals surface area contributed by atoms with Crippen LogP contribution in [0.1, 0.15) is 29.3 Å². The SMILES string of the molecule is CCC(=O)C(NC(=O)c1ccc(C(=N)SC)cc1)(Oc1ccccc1)C(=O)O.I. The van der Waals surface area contributed by atoms with Gasteiger partial charge in [0.2, 0.25) is 5.78 Å². The summed E-state index contributed by atoms with van der Waals surface area (Å²) in [6, 6.07) is 14.0. The lowest BCUT2D eigenvalue weighted by Crippen LogP contribution is -2.64. The molecule has 0 spiro atoms. The first-order chi connectivity index (χ1) is 13.3. The van der Waals surface area contributed by atoms with Crippen LogP contribution in [-0.2, 0) is 9.59 Å². The number of carbonyl (C=O) groups excluding carboxylic acids is 2. The van der Waals surface area contributed by atoms with Gasteiger partial charge in [-0.25, -0.2) is 4.79 Å². The number of carboxylic acids is 1. The van der Waals surface area contributed by atoms with Crippen molar-refractivity contribution in [2.75, 3.05) is 6.26 Å². The summed E-state index contributed by atoms with van der Waals surface area (Å²) in [7, 11) is 0. The van der Waals surface area contributed by atoms with Crippen LogP contribution in [0, 0.1) is 5.41 Å². The Labute approximate surface area is 189 Å². The lowest BCUT2D eigenvalue weighted by molar-refractivity contribution is -0.164. The van der Waals surface area contributed by atoms with Gasteiger partial charge in [0.25, 0.3) is 5.91 Å². The molecule has 3 N–H and O–H groups in total. The average Bonchev–Trinajstić information content (AvgIpc) is 2.72. The van der Waals surface area contributed by atoms with Gasteiger partial charge in [0.1, 0.15) is 5.75 Å². The van der Waals surface area contributed by atoms with Gasteiger partial charge >= 0.3 is 11.7 Å². The smallest absolute Gasteiger partial charge is 0.378 e. The zero-order chi connectivity index (χ0) is 20.7. The number of ketones is 1. The molecular formula is C20H21IN2O5S. The van der Waals surface area contributed by atoms with Gasteiger partial charge in [-0.1, -0.05) is 37.3 Å². The van der Waals surface area contributed by atoms with E-state index in [1.54, 1.807) is 36.6 Å². The molecule has 0 aromatic heterocycles. The van der Waals surface area contributed by atoms with Gasteiger partial charge in [0, 0.05) is 17.5 Å². The zero-order valence-electron chi connectivity index (χ0n) is 15.8. The monoisotopic (exact) mass is 528 g/mol. The van der Waals surface area contributed by atoms with Crippen LogP contribution in [0.25, 0.3) is 0 Å². The number of rotatable bonds is 8. The van der Waals surface area contributed by atoms with E-state index in [9.17, 15) is 19.5 Å². The van der Waals surface area contributed by atoms with Crippen LogP contribution in [0.15, 0.2) is 54.6 Å². The molecule has 0 fully saturated rings. The molecule has 2 aromatic rings. The first kappa shape index (κ1) is 24.6. The number of benzene rings is 2. The Morgan fingerprint density at radius 1 is 1.07 bits per heavy atom. The topological polar surface area (TPSA) is 117 Å². The average molecular weight is 528 g/mol. The molecule has 1 unspecified atom stereocenters. The van der Waals surface area contributed by atoms with Crippen molar-refractivity contribution < 1.29 is 24.2 Å². The highest BCUT2D eigenvalue weighted by molar-refractivity contribution is 14.0. The second-order valence-corrected chi connectivity index (χ2v) is 6.56. The second-order valence-electron chi connectivity index (χ2n) is 5.74. The minimum atomic E-state index is -2.54. The summed E-state index contributed by atoms with van der Waals surface area (Å²) >= 11 is 1.25. The number of amides is 1. The standard InChI is InChI=1S/C20H20N2O5S.HI/c1-3-16(23)20(19(25)26,27-15-7-5-4-6-8-15)22-18(24)14-11-9-13(10-12-14)17(21)28-2;/h4-12,21H,3H2,1-2H3,(H,22,24)(H,25,26);1H. The molecule has 0 aliphatic carbocycles. The van der Waals surface area contributed by atoms with Crippen molar-refractivity contribution >= 4 is 58.4 Å². The predicted molar refractivity (Wildman–Crippen MR) is 122 cm³/mol. The maximum Gasteiger partial charge on any atom is 0.378 e. The molecule has 1 amide bonds. The molecule has 0 bridgehead atoms. The fourth-order valence-electron chi connectivity index (χ4n) is 2.41. The fourth-order valence-corrected chi connectivity index (χ4v) is 2.78. The first-order valence-corrected chi connectivity index (χ1v) is 9.62. The van der Waals surface area contributed by atoms with Gasteiger partial charge in [-0.3, -0.25) is 20.3 Å². The van der Waals surface area contributed by atoms with Crippen LogP contribution in [0.5, 0.6) is 5.75 Å². The summed E-state index contributed by atoms with van der Waals surface area (Å²) < 4.78 is 5.47. The zero-order valence-corrected chi connectivity index (χ0v) is 18.9. The van der Waals surface area contributed by atoms with Crippen LogP contribution >= 0.6 is 35.7 Å². The van der Waals surface area contributed by atoms with E-state index < -0.39 is 23.4 Å². The largest absolute Gasteiger partial charge is 0.476 e. The summed E-state index contributed by atoms with van der Waals surface area (Å²) in [5.41, 5.74) is -1.78. The minimum absolute atomic E-state index is 0. The molecule has 0 aliphatic heterocycles. The predicted octanol–water partition coefficient (Wildman–Crippen LogP) is 3.56. The number of halogens is 1. The third-order valence-electron chi connectivity index (χ3n) is 3.93. The van der Waals surface area contributed by atoms with Crippen molar-refractivity contribution in [3.8, 4) is 5.75 Å². The van der Waals surface area contributed by atoms with Crippen molar-refractivity contribution in [1.82, 2.24) is 5.32 Å². The van der Waals surface area contributed by atoms with E-state index in [2.05, 4.69) is 5.32 Å². The van der Waals surface area contributed by atoms with Crippen LogP contribution < -0.4 is 10.1 Å². The Hall–Kier alpha value is -2.40. The normalized spacial score (nSPS) is 12.1. The van der Waals surface area contributed by atoms with Gasteiger partial charge < -0.3 is 9.84 Å². The number of aliphatic carboxylic acids is 1. The maximum absolute atomic E-state index is 12.7. The van der Waals surface area contributed by atoms with E-state index in [-0.39, 0.29) is 41.7 Å². The molecule has 0 saturated heterocycles. The van der Waals surface area contributed by atoms with E-state index in [1.807, 2.05) is 0 Å². The van der Waals surface area contributed by atoms with Crippen LogP contribution in [-0.4, -0.2) is 39.8 Å². The van der Waals surface area contributed by atoms with E-state index in [1.165, 1.54) is 43.0 Å². The summed E-state index contributed by atoms with van der Waals surface area (Å²) in [4.78, 5) is 37.1. The number of carboxylic acid groups (broad SMARTS) is 1. The number of carbonyl (C=O) groups is 3. The Balaban J connectivity index is 0.00000420. The lowest BCUT2D eigenvalue weighted by atomic mass is 10.0. The molecule has 154 valence electrons. The van der Waals surface area contributed by atoms with Crippen molar-refractivity contribution in [2.45, 2.75) is 19.1 Å².